The van der Waals surface area contributed by atoms with Crippen LogP contribution in [0.15, 0.2) is 21.0 Å². The Morgan fingerprint density at radius 2 is 2.12 bits per heavy atom. The van der Waals surface area contributed by atoms with Crippen molar-refractivity contribution in [2.45, 2.75) is 26.8 Å². The maximum Gasteiger partial charge on any atom is 0.148 e. The van der Waals surface area contributed by atoms with Gasteiger partial charge < -0.3 is 9.73 Å². The zero-order valence-corrected chi connectivity index (χ0v) is 12.3. The van der Waals surface area contributed by atoms with Crippen LogP contribution in [-0.2, 0) is 13.0 Å². The third-order valence-electron chi connectivity index (χ3n) is 2.78. The molecule has 0 spiro atoms. The minimum absolute atomic E-state index is 0.731. The van der Waals surface area contributed by atoms with Crippen LogP contribution in [0.25, 0.3) is 11.0 Å². The van der Waals surface area contributed by atoms with E-state index in [1.54, 1.807) is 0 Å². The van der Waals surface area contributed by atoms with Crippen molar-refractivity contribution in [3.8, 4) is 0 Å². The van der Waals surface area contributed by atoms with Gasteiger partial charge in [-0.3, -0.25) is 0 Å². The first kappa shape index (κ1) is 12.9. The van der Waals surface area contributed by atoms with Crippen LogP contribution in [0.5, 0.6) is 0 Å². The molecule has 4 heteroatoms. The molecule has 17 heavy (non-hydrogen) atoms. The molecule has 0 bridgehead atoms. The molecule has 2 aromatic rings. The van der Waals surface area contributed by atoms with Crippen molar-refractivity contribution in [1.29, 1.82) is 0 Å². The lowest BCUT2D eigenvalue weighted by atomic mass is 10.1. The van der Waals surface area contributed by atoms with Crippen LogP contribution in [-0.4, -0.2) is 6.54 Å². The summed E-state index contributed by atoms with van der Waals surface area (Å²) >= 11 is 9.57. The van der Waals surface area contributed by atoms with E-state index in [0.717, 1.165) is 45.7 Å². The molecular formula is C13H15BrClNO. The Morgan fingerprint density at radius 1 is 1.35 bits per heavy atom. The maximum absolute atomic E-state index is 6.08. The third-order valence-corrected chi connectivity index (χ3v) is 3.59. The van der Waals surface area contributed by atoms with E-state index in [1.165, 1.54) is 5.56 Å². The van der Waals surface area contributed by atoms with E-state index in [0.29, 0.717) is 0 Å². The summed E-state index contributed by atoms with van der Waals surface area (Å²) in [6, 6.07) is 3.84. The van der Waals surface area contributed by atoms with Gasteiger partial charge in [0.05, 0.1) is 11.0 Å². The number of halogens is 2. The lowest BCUT2D eigenvalue weighted by molar-refractivity contribution is 0.513. The molecule has 0 aliphatic heterocycles. The average molecular weight is 317 g/mol. The maximum atomic E-state index is 6.08. The molecule has 1 N–H and O–H groups in total. The number of aryl methyl sites for hydroxylation is 1. The van der Waals surface area contributed by atoms with Crippen molar-refractivity contribution in [3.05, 3.63) is 33.0 Å². The van der Waals surface area contributed by atoms with Crippen LogP contribution in [0.3, 0.4) is 0 Å². The monoisotopic (exact) mass is 315 g/mol. The Balaban J connectivity index is 2.58. The topological polar surface area (TPSA) is 25.2 Å². The summed E-state index contributed by atoms with van der Waals surface area (Å²) < 4.78 is 6.82. The van der Waals surface area contributed by atoms with Gasteiger partial charge in [-0.15, -0.1) is 0 Å². The molecule has 0 radical (unpaired) electrons. The van der Waals surface area contributed by atoms with Crippen molar-refractivity contribution < 1.29 is 4.42 Å². The Morgan fingerprint density at radius 3 is 2.76 bits per heavy atom. The van der Waals surface area contributed by atoms with E-state index < -0.39 is 0 Å². The van der Waals surface area contributed by atoms with E-state index >= 15 is 0 Å². The minimum atomic E-state index is 0.731. The zero-order chi connectivity index (χ0) is 12.4. The molecule has 2 rings (SSSR count). The fraction of sp³-hybridized carbons (Fsp3) is 0.385. The first-order valence-corrected chi connectivity index (χ1v) is 6.94. The van der Waals surface area contributed by atoms with Crippen LogP contribution in [0.1, 0.15) is 25.2 Å². The van der Waals surface area contributed by atoms with Gasteiger partial charge in [0.15, 0.2) is 0 Å². The quantitative estimate of drug-likeness (QED) is 0.897. The van der Waals surface area contributed by atoms with Gasteiger partial charge in [0.1, 0.15) is 11.3 Å². The van der Waals surface area contributed by atoms with Crippen molar-refractivity contribution in [2.24, 2.45) is 0 Å². The van der Waals surface area contributed by atoms with Crippen LogP contribution in [0.4, 0.5) is 0 Å². The molecule has 0 aliphatic carbocycles. The van der Waals surface area contributed by atoms with Gasteiger partial charge in [-0.2, -0.15) is 0 Å². The fourth-order valence-electron chi connectivity index (χ4n) is 1.99. The van der Waals surface area contributed by atoms with Crippen LogP contribution < -0.4 is 5.32 Å². The van der Waals surface area contributed by atoms with Gasteiger partial charge in [-0.05, 0) is 41.0 Å². The number of hydrogen-bond acceptors (Lipinski definition) is 2. The second kappa shape index (κ2) is 5.42. The predicted octanol–water partition coefficient (Wildman–Crippen LogP) is 4.52. The summed E-state index contributed by atoms with van der Waals surface area (Å²) in [4.78, 5) is 0. The first-order chi connectivity index (χ1) is 8.17. The number of nitrogens with one attached hydrogen (secondary N) is 1. The second-order valence-electron chi connectivity index (χ2n) is 3.90. The molecule has 2 nitrogen and oxygen atoms in total. The molecule has 0 saturated carbocycles. The Bertz CT molecular complexity index is 536. The molecule has 0 fully saturated rings. The van der Waals surface area contributed by atoms with Crippen LogP contribution in [0.2, 0.25) is 5.02 Å². The van der Waals surface area contributed by atoms with Crippen molar-refractivity contribution in [3.63, 3.8) is 0 Å². The highest BCUT2D eigenvalue weighted by molar-refractivity contribution is 9.10. The molecule has 1 aromatic carbocycles. The lowest BCUT2D eigenvalue weighted by Crippen LogP contribution is -2.12. The molecule has 0 amide bonds. The molecule has 1 heterocycles. The van der Waals surface area contributed by atoms with Crippen LogP contribution in [0, 0.1) is 0 Å². The lowest BCUT2D eigenvalue weighted by Gasteiger charge is -2.00. The SMILES string of the molecule is CCNCc1oc2c(Br)cc(Cl)cc2c1CC. The van der Waals surface area contributed by atoms with Gasteiger partial charge in [0.25, 0.3) is 0 Å². The summed E-state index contributed by atoms with van der Waals surface area (Å²) in [6.07, 6.45) is 0.945. The summed E-state index contributed by atoms with van der Waals surface area (Å²) in [5.74, 6) is 1.01. The molecular weight excluding hydrogens is 302 g/mol. The highest BCUT2D eigenvalue weighted by Gasteiger charge is 2.15. The number of fused-ring (bicyclic) bond motifs is 1. The van der Waals surface area contributed by atoms with Crippen LogP contribution >= 0.6 is 27.5 Å². The number of rotatable bonds is 4. The first-order valence-electron chi connectivity index (χ1n) is 5.77. The molecule has 0 aliphatic rings. The average Bonchev–Trinajstić information content (AvgIpc) is 2.64. The second-order valence-corrected chi connectivity index (χ2v) is 5.19. The third kappa shape index (κ3) is 2.51. The number of benzene rings is 1. The van der Waals surface area contributed by atoms with Gasteiger partial charge in [-0.25, -0.2) is 0 Å². The minimum Gasteiger partial charge on any atom is -0.458 e. The molecule has 92 valence electrons. The van der Waals surface area contributed by atoms with E-state index in [9.17, 15) is 0 Å². The highest BCUT2D eigenvalue weighted by atomic mass is 79.9. The largest absolute Gasteiger partial charge is 0.458 e. The summed E-state index contributed by atoms with van der Waals surface area (Å²) in [5, 5.41) is 5.13. The standard InChI is InChI=1S/C13H15BrClNO/c1-3-9-10-5-8(15)6-11(14)13(10)17-12(9)7-16-4-2/h5-6,16H,3-4,7H2,1-2H3. The summed E-state index contributed by atoms with van der Waals surface area (Å²) in [6.45, 7) is 5.91. The van der Waals surface area contributed by atoms with E-state index in [2.05, 4.69) is 35.1 Å². The van der Waals surface area contributed by atoms with Gasteiger partial charge in [0, 0.05) is 16.0 Å². The van der Waals surface area contributed by atoms with E-state index in [4.69, 9.17) is 16.0 Å². The molecule has 0 unspecified atom stereocenters. The normalized spacial score (nSPS) is 11.3. The Hall–Kier alpha value is -0.510. The summed E-state index contributed by atoms with van der Waals surface area (Å²) in [5.41, 5.74) is 2.13. The van der Waals surface area contributed by atoms with Gasteiger partial charge in [0.2, 0.25) is 0 Å². The molecule has 0 atom stereocenters. The van der Waals surface area contributed by atoms with Gasteiger partial charge >= 0.3 is 0 Å². The van der Waals surface area contributed by atoms with Crippen molar-refractivity contribution in [1.82, 2.24) is 5.32 Å². The highest BCUT2D eigenvalue weighted by Crippen LogP contribution is 2.34. The zero-order valence-electron chi connectivity index (χ0n) is 9.94. The fourth-order valence-corrected chi connectivity index (χ4v) is 2.88. The number of furan rings is 1. The van der Waals surface area contributed by atoms with Crippen molar-refractivity contribution in [2.75, 3.05) is 6.54 Å². The summed E-state index contributed by atoms with van der Waals surface area (Å²) in [7, 11) is 0. The number of hydrogen-bond donors (Lipinski definition) is 1. The van der Waals surface area contributed by atoms with E-state index in [1.807, 2.05) is 12.1 Å². The molecule has 0 saturated heterocycles. The smallest absolute Gasteiger partial charge is 0.148 e. The van der Waals surface area contributed by atoms with Gasteiger partial charge in [-0.1, -0.05) is 25.4 Å². The van der Waals surface area contributed by atoms with Crippen molar-refractivity contribution >= 4 is 38.5 Å². The Labute approximate surface area is 114 Å². The van der Waals surface area contributed by atoms with E-state index in [-0.39, 0.29) is 0 Å². The molecule has 1 aromatic heterocycles. The predicted molar refractivity (Wildman–Crippen MR) is 75.7 cm³/mol. The Kier molecular flexibility index (Phi) is 4.13.